The Bertz CT molecular complexity index is 535. The van der Waals surface area contributed by atoms with E-state index in [4.69, 9.17) is 16.3 Å². The third-order valence-electron chi connectivity index (χ3n) is 2.63. The molecule has 1 N–H and O–H groups in total. The summed E-state index contributed by atoms with van der Waals surface area (Å²) in [5.41, 5.74) is 0. The van der Waals surface area contributed by atoms with Gasteiger partial charge >= 0.3 is 6.01 Å². The number of ether oxygens (including phenoxy) is 1. The lowest BCUT2D eigenvalue weighted by Crippen LogP contribution is -2.13. The highest BCUT2D eigenvalue weighted by Gasteiger charge is 2.14. The van der Waals surface area contributed by atoms with Crippen molar-refractivity contribution in [3.05, 3.63) is 27.7 Å². The Hall–Kier alpha value is -1.40. The van der Waals surface area contributed by atoms with Crippen molar-refractivity contribution in [3.8, 4) is 6.01 Å². The van der Waals surface area contributed by atoms with E-state index in [9.17, 15) is 0 Å². The van der Waals surface area contributed by atoms with E-state index < -0.39 is 0 Å². The Kier molecular flexibility index (Phi) is 5.55. The molecule has 0 aromatic carbocycles. The fourth-order valence-electron chi connectivity index (χ4n) is 1.81. The monoisotopic (exact) mass is 312 g/mol. The van der Waals surface area contributed by atoms with Gasteiger partial charge in [0.1, 0.15) is 0 Å². The maximum atomic E-state index is 5.89. The van der Waals surface area contributed by atoms with Crippen LogP contribution in [0.25, 0.3) is 0 Å². The average Bonchev–Trinajstić information content (AvgIpc) is 2.91. The molecule has 0 spiro atoms. The summed E-state index contributed by atoms with van der Waals surface area (Å²) in [7, 11) is 0. The van der Waals surface area contributed by atoms with E-state index in [2.05, 4.69) is 38.6 Å². The van der Waals surface area contributed by atoms with Crippen molar-refractivity contribution >= 4 is 28.9 Å². The van der Waals surface area contributed by atoms with Crippen LogP contribution < -0.4 is 10.1 Å². The lowest BCUT2D eigenvalue weighted by Gasteiger charge is -2.16. The van der Waals surface area contributed by atoms with Crippen LogP contribution in [0.15, 0.2) is 17.5 Å². The van der Waals surface area contributed by atoms with Crippen molar-refractivity contribution in [3.63, 3.8) is 0 Å². The van der Waals surface area contributed by atoms with Crippen LogP contribution in [0.4, 0.5) is 5.95 Å². The standard InChI is InChI=1S/C13H17ClN4OS/c1-3-6-9(10-7-5-8-20-10)15-12-16-11(14)17-13(18-12)19-4-2/h5,7-9H,3-4,6H2,1-2H3,(H,15,16,17,18). The van der Waals surface area contributed by atoms with Crippen molar-refractivity contribution < 1.29 is 4.74 Å². The maximum absolute atomic E-state index is 5.89. The quantitative estimate of drug-likeness (QED) is 0.839. The fourth-order valence-corrected chi connectivity index (χ4v) is 2.77. The molecular weight excluding hydrogens is 296 g/mol. The molecule has 1 atom stereocenters. The highest BCUT2D eigenvalue weighted by Crippen LogP contribution is 2.26. The van der Waals surface area contributed by atoms with Crippen LogP contribution in [0.2, 0.25) is 5.28 Å². The zero-order valence-electron chi connectivity index (χ0n) is 11.5. The summed E-state index contributed by atoms with van der Waals surface area (Å²) >= 11 is 7.60. The predicted molar refractivity (Wildman–Crippen MR) is 81.6 cm³/mol. The Labute approximate surface area is 127 Å². The molecule has 5 nitrogen and oxygen atoms in total. The third-order valence-corrected chi connectivity index (χ3v) is 3.78. The first-order valence-corrected chi connectivity index (χ1v) is 7.83. The second-order valence-corrected chi connectivity index (χ2v) is 5.46. The van der Waals surface area contributed by atoms with E-state index in [-0.39, 0.29) is 17.3 Å². The first kappa shape index (κ1) is 15.0. The predicted octanol–water partition coefficient (Wildman–Crippen LogP) is 3.94. The first-order chi connectivity index (χ1) is 9.72. The maximum Gasteiger partial charge on any atom is 0.322 e. The highest BCUT2D eigenvalue weighted by atomic mass is 35.5. The lowest BCUT2D eigenvalue weighted by atomic mass is 10.1. The topological polar surface area (TPSA) is 59.9 Å². The molecule has 0 radical (unpaired) electrons. The van der Waals surface area contributed by atoms with E-state index in [0.717, 1.165) is 12.8 Å². The van der Waals surface area contributed by atoms with Gasteiger partial charge in [0, 0.05) is 4.88 Å². The molecule has 0 saturated heterocycles. The summed E-state index contributed by atoms with van der Waals surface area (Å²) in [5, 5.41) is 5.50. The highest BCUT2D eigenvalue weighted by molar-refractivity contribution is 7.10. The van der Waals surface area contributed by atoms with Gasteiger partial charge in [-0.1, -0.05) is 19.4 Å². The van der Waals surface area contributed by atoms with Gasteiger partial charge in [0.2, 0.25) is 11.2 Å². The van der Waals surface area contributed by atoms with E-state index >= 15 is 0 Å². The van der Waals surface area contributed by atoms with Crippen LogP contribution in [-0.2, 0) is 0 Å². The number of nitrogens with zero attached hydrogens (tertiary/aromatic N) is 3. The minimum atomic E-state index is 0.132. The van der Waals surface area contributed by atoms with Gasteiger partial charge in [-0.2, -0.15) is 15.0 Å². The van der Waals surface area contributed by atoms with Crippen LogP contribution in [0.5, 0.6) is 6.01 Å². The molecular formula is C13H17ClN4OS. The zero-order valence-corrected chi connectivity index (χ0v) is 13.0. The molecule has 2 aromatic heterocycles. The molecule has 0 aliphatic heterocycles. The lowest BCUT2D eigenvalue weighted by molar-refractivity contribution is 0.312. The van der Waals surface area contributed by atoms with Crippen LogP contribution in [-0.4, -0.2) is 21.6 Å². The molecule has 1 unspecified atom stereocenters. The van der Waals surface area contributed by atoms with Gasteiger partial charge in [0.25, 0.3) is 0 Å². The van der Waals surface area contributed by atoms with Crippen LogP contribution >= 0.6 is 22.9 Å². The molecule has 0 amide bonds. The van der Waals surface area contributed by atoms with Gasteiger partial charge in [0.05, 0.1) is 12.6 Å². The number of rotatable bonds is 7. The molecule has 0 aliphatic rings. The van der Waals surface area contributed by atoms with Crippen LogP contribution in [0.1, 0.15) is 37.6 Å². The number of anilines is 1. The van der Waals surface area contributed by atoms with Gasteiger partial charge in [0.15, 0.2) is 0 Å². The molecule has 0 bridgehead atoms. The summed E-state index contributed by atoms with van der Waals surface area (Å²) in [5.74, 6) is 0.445. The molecule has 0 aliphatic carbocycles. The summed E-state index contributed by atoms with van der Waals surface area (Å²) < 4.78 is 5.28. The van der Waals surface area contributed by atoms with Crippen molar-refractivity contribution in [2.24, 2.45) is 0 Å². The van der Waals surface area contributed by atoms with Gasteiger partial charge < -0.3 is 10.1 Å². The van der Waals surface area contributed by atoms with E-state index in [1.807, 2.05) is 13.0 Å². The van der Waals surface area contributed by atoms with Gasteiger partial charge in [-0.15, -0.1) is 11.3 Å². The van der Waals surface area contributed by atoms with Crippen molar-refractivity contribution in [1.29, 1.82) is 0 Å². The minimum Gasteiger partial charge on any atom is -0.464 e. The summed E-state index contributed by atoms with van der Waals surface area (Å²) in [4.78, 5) is 13.5. The van der Waals surface area contributed by atoms with Crippen molar-refractivity contribution in [2.75, 3.05) is 11.9 Å². The van der Waals surface area contributed by atoms with Crippen LogP contribution in [0.3, 0.4) is 0 Å². The molecule has 20 heavy (non-hydrogen) atoms. The summed E-state index contributed by atoms with van der Waals surface area (Å²) in [6, 6.07) is 4.56. The number of aromatic nitrogens is 3. The minimum absolute atomic E-state index is 0.132. The van der Waals surface area contributed by atoms with Gasteiger partial charge in [-0.05, 0) is 36.4 Å². The zero-order chi connectivity index (χ0) is 14.4. The van der Waals surface area contributed by atoms with Crippen molar-refractivity contribution in [2.45, 2.75) is 32.7 Å². The fraction of sp³-hybridized carbons (Fsp3) is 0.462. The molecule has 0 saturated carbocycles. The number of halogens is 1. The molecule has 108 valence electrons. The van der Waals surface area contributed by atoms with Gasteiger partial charge in [-0.3, -0.25) is 0 Å². The van der Waals surface area contributed by atoms with E-state index in [1.165, 1.54) is 4.88 Å². The Morgan fingerprint density at radius 1 is 1.35 bits per heavy atom. The molecule has 0 fully saturated rings. The molecule has 2 rings (SSSR count). The normalized spacial score (nSPS) is 12.2. The van der Waals surface area contributed by atoms with Crippen LogP contribution in [0, 0.1) is 0 Å². The van der Waals surface area contributed by atoms with E-state index in [0.29, 0.717) is 12.6 Å². The second kappa shape index (κ2) is 7.40. The summed E-state index contributed by atoms with van der Waals surface area (Å²) in [6.07, 6.45) is 2.06. The molecule has 2 heterocycles. The largest absolute Gasteiger partial charge is 0.464 e. The number of hydrogen-bond donors (Lipinski definition) is 1. The van der Waals surface area contributed by atoms with Gasteiger partial charge in [-0.25, -0.2) is 0 Å². The molecule has 7 heteroatoms. The van der Waals surface area contributed by atoms with Crippen molar-refractivity contribution in [1.82, 2.24) is 15.0 Å². The number of hydrogen-bond acceptors (Lipinski definition) is 6. The molecule has 2 aromatic rings. The third kappa shape index (κ3) is 4.05. The first-order valence-electron chi connectivity index (χ1n) is 6.57. The Morgan fingerprint density at radius 2 is 2.20 bits per heavy atom. The second-order valence-electron chi connectivity index (χ2n) is 4.14. The van der Waals surface area contributed by atoms with E-state index in [1.54, 1.807) is 11.3 Å². The average molecular weight is 313 g/mol. The SMILES string of the molecule is CCCC(Nc1nc(Cl)nc(OCC)n1)c1cccs1. The Balaban J connectivity index is 2.17. The summed E-state index contributed by atoms with van der Waals surface area (Å²) in [6.45, 7) is 4.51. The smallest absolute Gasteiger partial charge is 0.322 e. The number of thiophene rings is 1. The Morgan fingerprint density at radius 3 is 2.85 bits per heavy atom. The number of nitrogens with one attached hydrogen (secondary N) is 1.